The third-order valence-electron chi connectivity index (χ3n) is 8.47. The van der Waals surface area contributed by atoms with Gasteiger partial charge in [-0.25, -0.2) is 13.8 Å². The summed E-state index contributed by atoms with van der Waals surface area (Å²) in [6, 6.07) is 7.19. The second-order valence-corrected chi connectivity index (χ2v) is 11.5. The number of likely N-dealkylation sites (tertiary alicyclic amines) is 1. The summed E-state index contributed by atoms with van der Waals surface area (Å²) in [6.07, 6.45) is 8.18. The van der Waals surface area contributed by atoms with Gasteiger partial charge in [0.2, 0.25) is 5.91 Å². The number of nitrogens with one attached hydrogen (secondary N) is 2. The normalized spacial score (nSPS) is 21.5. The van der Waals surface area contributed by atoms with Crippen molar-refractivity contribution >= 4 is 23.4 Å². The van der Waals surface area contributed by atoms with Crippen molar-refractivity contribution in [2.75, 3.05) is 25.0 Å². The van der Waals surface area contributed by atoms with E-state index in [-0.39, 0.29) is 35.4 Å². The van der Waals surface area contributed by atoms with Gasteiger partial charge in [-0.15, -0.1) is 0 Å². The zero-order valence-corrected chi connectivity index (χ0v) is 23.6. The molecule has 1 atom stereocenters. The van der Waals surface area contributed by atoms with E-state index in [1.54, 1.807) is 23.0 Å². The molecule has 0 spiro atoms. The molecule has 0 aromatic carbocycles. The van der Waals surface area contributed by atoms with Gasteiger partial charge in [0.05, 0.1) is 17.4 Å². The summed E-state index contributed by atoms with van der Waals surface area (Å²) in [5, 5.41) is 10.3. The molecule has 12 heteroatoms. The van der Waals surface area contributed by atoms with Crippen molar-refractivity contribution in [3.05, 3.63) is 53.7 Å². The minimum Gasteiger partial charge on any atom is -0.351 e. The van der Waals surface area contributed by atoms with Crippen molar-refractivity contribution in [3.63, 3.8) is 0 Å². The number of fused-ring (bicyclic) bond motifs is 6. The first-order valence-electron chi connectivity index (χ1n) is 14.7. The van der Waals surface area contributed by atoms with Gasteiger partial charge in [0.25, 0.3) is 17.7 Å². The highest BCUT2D eigenvalue weighted by Gasteiger charge is 2.62. The number of carbonyl (C=O) groups excluding carboxylic acids is 3. The Morgan fingerprint density at radius 3 is 2.50 bits per heavy atom. The molecule has 42 heavy (non-hydrogen) atoms. The fraction of sp³-hybridized carbons (Fsp3) is 0.500. The number of hydrogen-bond acceptors (Lipinski definition) is 5. The molecular formula is C30H35F2N7O3. The maximum absolute atomic E-state index is 13.4. The molecule has 1 unspecified atom stereocenters. The molecule has 4 bridgehead atoms. The van der Waals surface area contributed by atoms with Crippen LogP contribution in [0.5, 0.6) is 0 Å². The van der Waals surface area contributed by atoms with Crippen LogP contribution in [0.15, 0.2) is 36.7 Å². The predicted octanol–water partition coefficient (Wildman–Crippen LogP) is 4.43. The topological polar surface area (TPSA) is 114 Å². The third-order valence-corrected chi connectivity index (χ3v) is 8.47. The van der Waals surface area contributed by atoms with Crippen LogP contribution >= 0.6 is 0 Å². The summed E-state index contributed by atoms with van der Waals surface area (Å²) in [7, 11) is 0. The molecule has 5 heterocycles. The van der Waals surface area contributed by atoms with Crippen molar-refractivity contribution in [2.45, 2.75) is 70.4 Å². The van der Waals surface area contributed by atoms with Gasteiger partial charge in [0.15, 0.2) is 5.69 Å². The minimum atomic E-state index is -2.89. The van der Waals surface area contributed by atoms with Gasteiger partial charge in [-0.05, 0) is 50.8 Å². The lowest BCUT2D eigenvalue weighted by Gasteiger charge is -2.32. The minimum absolute atomic E-state index is 0.101. The molecule has 0 radical (unpaired) electrons. The number of nitrogens with zero attached hydrogens (tertiary/aromatic N) is 5. The molecule has 1 saturated heterocycles. The predicted molar refractivity (Wildman–Crippen MR) is 151 cm³/mol. The Labute approximate surface area is 242 Å². The lowest BCUT2D eigenvalue weighted by molar-refractivity contribution is -0.136. The van der Waals surface area contributed by atoms with E-state index in [4.69, 9.17) is 0 Å². The number of pyridine rings is 1. The number of alkyl halides is 2. The van der Waals surface area contributed by atoms with Crippen LogP contribution in [0.4, 0.5) is 14.5 Å². The summed E-state index contributed by atoms with van der Waals surface area (Å²) in [4.78, 5) is 45.1. The number of rotatable bonds is 2. The number of hydrogen-bond donors (Lipinski definition) is 2. The van der Waals surface area contributed by atoms with Crippen LogP contribution in [0.25, 0.3) is 11.3 Å². The SMILES string of the molecule is Cc1cc2cn1CCCCCCNC(=O)c1nn(C3CCN(C(=O)C4CC4(F)F)CC3)cc1NC(=O)c1cccc-2n1. The molecule has 3 aromatic rings. The van der Waals surface area contributed by atoms with Crippen LogP contribution in [0.2, 0.25) is 0 Å². The van der Waals surface area contributed by atoms with E-state index in [1.807, 2.05) is 6.07 Å². The highest BCUT2D eigenvalue weighted by Crippen LogP contribution is 2.49. The average Bonchev–Trinajstić information content (AvgIpc) is 3.27. The Morgan fingerprint density at radius 1 is 1.00 bits per heavy atom. The van der Waals surface area contributed by atoms with E-state index < -0.39 is 23.7 Å². The van der Waals surface area contributed by atoms with Gasteiger partial charge < -0.3 is 20.1 Å². The fourth-order valence-electron chi connectivity index (χ4n) is 5.84. The number of anilines is 1. The standard InChI is InChI=1S/C30H35F2N7O3/c1-19-15-20-17-38(19)12-5-3-2-4-11-33-28(41)26-25(35-27(40)24-8-6-7-23(20)34-24)18-39(36-26)21-9-13-37(14-10-21)29(42)22-16-30(22,31)32/h6-8,15,17-18,21-22H,2-5,9-14,16H2,1H3,(H,33,41)(H,35,40). The van der Waals surface area contributed by atoms with Crippen LogP contribution in [0.3, 0.4) is 0 Å². The number of piperidine rings is 1. The molecule has 3 amide bonds. The van der Waals surface area contributed by atoms with Gasteiger partial charge in [0, 0.05) is 56.3 Å². The first kappa shape index (κ1) is 28.0. The molecule has 222 valence electrons. The Kier molecular flexibility index (Phi) is 7.54. The summed E-state index contributed by atoms with van der Waals surface area (Å²) < 4.78 is 30.7. The number of aromatic nitrogens is 4. The monoisotopic (exact) mass is 579 g/mol. The van der Waals surface area contributed by atoms with Crippen LogP contribution in [0, 0.1) is 12.8 Å². The summed E-state index contributed by atoms with van der Waals surface area (Å²) in [6.45, 7) is 4.10. The lowest BCUT2D eigenvalue weighted by Crippen LogP contribution is -2.40. The number of halogens is 2. The number of aryl methyl sites for hydroxylation is 2. The maximum Gasteiger partial charge on any atom is 0.274 e. The third kappa shape index (κ3) is 5.79. The van der Waals surface area contributed by atoms with E-state index in [1.165, 1.54) is 4.90 Å². The second-order valence-electron chi connectivity index (χ2n) is 11.5. The first-order chi connectivity index (χ1) is 20.2. The Morgan fingerprint density at radius 2 is 1.74 bits per heavy atom. The molecular weight excluding hydrogens is 544 g/mol. The average molecular weight is 580 g/mol. The highest BCUT2D eigenvalue weighted by molar-refractivity contribution is 6.07. The Bertz CT molecular complexity index is 1510. The maximum atomic E-state index is 13.4. The van der Waals surface area contributed by atoms with Gasteiger partial charge in [-0.2, -0.15) is 5.10 Å². The molecule has 1 aliphatic carbocycles. The van der Waals surface area contributed by atoms with E-state index in [0.29, 0.717) is 38.2 Å². The smallest absolute Gasteiger partial charge is 0.274 e. The molecule has 2 aliphatic heterocycles. The molecule has 2 N–H and O–H groups in total. The zero-order chi connectivity index (χ0) is 29.4. The number of carbonyl (C=O) groups is 3. The van der Waals surface area contributed by atoms with Crippen LogP contribution in [0.1, 0.15) is 77.7 Å². The Hall–Kier alpha value is -4.09. The van der Waals surface area contributed by atoms with Crippen LogP contribution in [-0.2, 0) is 11.3 Å². The van der Waals surface area contributed by atoms with E-state index in [9.17, 15) is 23.2 Å². The molecule has 6 rings (SSSR count). The van der Waals surface area contributed by atoms with Gasteiger partial charge in [-0.1, -0.05) is 18.9 Å². The fourth-order valence-corrected chi connectivity index (χ4v) is 5.84. The van der Waals surface area contributed by atoms with E-state index in [2.05, 4.69) is 44.5 Å². The van der Waals surface area contributed by atoms with Crippen LogP contribution in [-0.4, -0.2) is 67.5 Å². The van der Waals surface area contributed by atoms with E-state index >= 15 is 0 Å². The van der Waals surface area contributed by atoms with Crippen molar-refractivity contribution in [1.29, 1.82) is 0 Å². The van der Waals surface area contributed by atoms with Crippen molar-refractivity contribution in [3.8, 4) is 11.3 Å². The molecule has 3 aliphatic rings. The largest absolute Gasteiger partial charge is 0.351 e. The Balaban J connectivity index is 1.23. The second kappa shape index (κ2) is 11.3. The number of amides is 3. The zero-order valence-electron chi connectivity index (χ0n) is 23.6. The van der Waals surface area contributed by atoms with Crippen molar-refractivity contribution in [2.24, 2.45) is 5.92 Å². The molecule has 3 aromatic heterocycles. The summed E-state index contributed by atoms with van der Waals surface area (Å²) in [5.74, 6) is -5.44. The van der Waals surface area contributed by atoms with Crippen LogP contribution < -0.4 is 10.6 Å². The quantitative estimate of drug-likeness (QED) is 0.466. The summed E-state index contributed by atoms with van der Waals surface area (Å²) >= 11 is 0. The highest BCUT2D eigenvalue weighted by atomic mass is 19.3. The first-order valence-corrected chi connectivity index (χ1v) is 14.7. The van der Waals surface area contributed by atoms with Crippen molar-refractivity contribution in [1.82, 2.24) is 29.5 Å². The van der Waals surface area contributed by atoms with Gasteiger partial charge in [-0.3, -0.25) is 19.1 Å². The summed E-state index contributed by atoms with van der Waals surface area (Å²) in [5.41, 5.74) is 3.33. The molecule has 1 saturated carbocycles. The lowest BCUT2D eigenvalue weighted by atomic mass is 10.0. The van der Waals surface area contributed by atoms with Crippen molar-refractivity contribution < 1.29 is 23.2 Å². The molecule has 10 nitrogen and oxygen atoms in total. The van der Waals surface area contributed by atoms with E-state index in [0.717, 1.165) is 43.5 Å². The van der Waals surface area contributed by atoms with Gasteiger partial charge in [0.1, 0.15) is 11.6 Å². The van der Waals surface area contributed by atoms with Gasteiger partial charge >= 0.3 is 0 Å². The molecule has 2 fully saturated rings.